The fourth-order valence-corrected chi connectivity index (χ4v) is 1.71. The lowest BCUT2D eigenvalue weighted by Crippen LogP contribution is -2.06. The van der Waals surface area contributed by atoms with Gasteiger partial charge in [0.25, 0.3) is 0 Å². The third-order valence-corrected chi connectivity index (χ3v) is 2.70. The molecule has 0 heterocycles. The van der Waals surface area contributed by atoms with Crippen molar-refractivity contribution in [2.45, 2.75) is 13.0 Å². The number of para-hydroxylation sites is 1. The molecule has 17 heavy (non-hydrogen) atoms. The van der Waals surface area contributed by atoms with Gasteiger partial charge in [-0.2, -0.15) is 0 Å². The van der Waals surface area contributed by atoms with Gasteiger partial charge in [0.2, 0.25) is 0 Å². The summed E-state index contributed by atoms with van der Waals surface area (Å²) < 4.78 is 5.79. The number of nitrogens with two attached hydrogens (primary N) is 1. The summed E-state index contributed by atoms with van der Waals surface area (Å²) >= 11 is 5.82. The highest BCUT2D eigenvalue weighted by atomic mass is 35.5. The SMILES string of the molecule is C[C@H](N)c1ccccc1Oc1ccc(Cl)cc1. The van der Waals surface area contributed by atoms with E-state index in [1.165, 1.54) is 0 Å². The Morgan fingerprint density at radius 2 is 1.71 bits per heavy atom. The van der Waals surface area contributed by atoms with Gasteiger partial charge in [0.15, 0.2) is 0 Å². The van der Waals surface area contributed by atoms with Crippen molar-refractivity contribution in [3.8, 4) is 11.5 Å². The monoisotopic (exact) mass is 247 g/mol. The van der Waals surface area contributed by atoms with Gasteiger partial charge in [-0.25, -0.2) is 0 Å². The minimum atomic E-state index is -0.0569. The van der Waals surface area contributed by atoms with Crippen molar-refractivity contribution < 1.29 is 4.74 Å². The summed E-state index contributed by atoms with van der Waals surface area (Å²) in [6.07, 6.45) is 0. The summed E-state index contributed by atoms with van der Waals surface area (Å²) in [5, 5.41) is 0.692. The van der Waals surface area contributed by atoms with Crippen LogP contribution in [-0.2, 0) is 0 Å². The van der Waals surface area contributed by atoms with Crippen LogP contribution in [0.25, 0.3) is 0 Å². The average molecular weight is 248 g/mol. The summed E-state index contributed by atoms with van der Waals surface area (Å²) in [5.74, 6) is 1.53. The molecular formula is C14H14ClNO. The molecule has 0 unspecified atom stereocenters. The average Bonchev–Trinajstić information content (AvgIpc) is 2.32. The van der Waals surface area contributed by atoms with Gasteiger partial charge in [-0.15, -0.1) is 0 Å². The molecule has 2 aromatic carbocycles. The Balaban J connectivity index is 2.26. The number of hydrogen-bond acceptors (Lipinski definition) is 2. The Morgan fingerprint density at radius 1 is 1.06 bits per heavy atom. The Hall–Kier alpha value is -1.51. The molecule has 0 bridgehead atoms. The van der Waals surface area contributed by atoms with Crippen molar-refractivity contribution in [1.82, 2.24) is 0 Å². The molecule has 0 fully saturated rings. The van der Waals surface area contributed by atoms with E-state index in [1.54, 1.807) is 12.1 Å². The molecule has 2 aromatic rings. The van der Waals surface area contributed by atoms with Gasteiger partial charge in [0.1, 0.15) is 11.5 Å². The third-order valence-electron chi connectivity index (χ3n) is 2.45. The van der Waals surface area contributed by atoms with E-state index in [2.05, 4.69) is 0 Å². The molecule has 0 amide bonds. The normalized spacial score (nSPS) is 12.2. The molecule has 88 valence electrons. The Bertz CT molecular complexity index is 494. The van der Waals surface area contributed by atoms with Crippen LogP contribution in [0.5, 0.6) is 11.5 Å². The largest absolute Gasteiger partial charge is 0.457 e. The molecular weight excluding hydrogens is 234 g/mol. The van der Waals surface area contributed by atoms with Crippen LogP contribution in [0, 0.1) is 0 Å². The van der Waals surface area contributed by atoms with Crippen molar-refractivity contribution in [3.63, 3.8) is 0 Å². The van der Waals surface area contributed by atoms with E-state index in [9.17, 15) is 0 Å². The standard InChI is InChI=1S/C14H14ClNO/c1-10(16)13-4-2-3-5-14(13)17-12-8-6-11(15)7-9-12/h2-10H,16H2,1H3/t10-/m0/s1. The van der Waals surface area contributed by atoms with Crippen molar-refractivity contribution >= 4 is 11.6 Å². The highest BCUT2D eigenvalue weighted by molar-refractivity contribution is 6.30. The van der Waals surface area contributed by atoms with Crippen LogP contribution in [-0.4, -0.2) is 0 Å². The van der Waals surface area contributed by atoms with Crippen LogP contribution in [0.1, 0.15) is 18.5 Å². The summed E-state index contributed by atoms with van der Waals surface area (Å²) in [6, 6.07) is 15.0. The number of halogens is 1. The highest BCUT2D eigenvalue weighted by Gasteiger charge is 2.07. The van der Waals surface area contributed by atoms with Crippen molar-refractivity contribution in [3.05, 3.63) is 59.1 Å². The number of ether oxygens (including phenoxy) is 1. The zero-order valence-electron chi connectivity index (χ0n) is 9.56. The molecule has 0 spiro atoms. The van der Waals surface area contributed by atoms with E-state index in [4.69, 9.17) is 22.1 Å². The first kappa shape index (κ1) is 12.0. The van der Waals surface area contributed by atoms with Crippen LogP contribution < -0.4 is 10.5 Å². The second-order valence-corrected chi connectivity index (χ2v) is 4.32. The topological polar surface area (TPSA) is 35.2 Å². The van der Waals surface area contributed by atoms with Gasteiger partial charge >= 0.3 is 0 Å². The number of rotatable bonds is 3. The maximum atomic E-state index is 5.89. The third kappa shape index (κ3) is 2.99. The lowest BCUT2D eigenvalue weighted by atomic mass is 10.1. The zero-order valence-corrected chi connectivity index (χ0v) is 10.3. The van der Waals surface area contributed by atoms with Crippen LogP contribution in [0.4, 0.5) is 0 Å². The maximum Gasteiger partial charge on any atom is 0.132 e. The summed E-state index contributed by atoms with van der Waals surface area (Å²) in [4.78, 5) is 0. The van der Waals surface area contributed by atoms with E-state index < -0.39 is 0 Å². The molecule has 0 aliphatic carbocycles. The number of hydrogen-bond donors (Lipinski definition) is 1. The second-order valence-electron chi connectivity index (χ2n) is 3.88. The zero-order chi connectivity index (χ0) is 12.3. The van der Waals surface area contributed by atoms with E-state index >= 15 is 0 Å². The first-order chi connectivity index (χ1) is 8.16. The quantitative estimate of drug-likeness (QED) is 0.884. The van der Waals surface area contributed by atoms with Gasteiger partial charge in [-0.3, -0.25) is 0 Å². The lowest BCUT2D eigenvalue weighted by Gasteiger charge is -2.13. The van der Waals surface area contributed by atoms with Gasteiger partial charge in [-0.05, 0) is 37.3 Å². The molecule has 2 rings (SSSR count). The summed E-state index contributed by atoms with van der Waals surface area (Å²) in [7, 11) is 0. The highest BCUT2D eigenvalue weighted by Crippen LogP contribution is 2.28. The molecule has 0 aliphatic rings. The molecule has 0 saturated carbocycles. The van der Waals surface area contributed by atoms with E-state index in [0.29, 0.717) is 5.02 Å². The molecule has 0 radical (unpaired) electrons. The van der Waals surface area contributed by atoms with Crippen LogP contribution in [0.15, 0.2) is 48.5 Å². The van der Waals surface area contributed by atoms with Crippen LogP contribution >= 0.6 is 11.6 Å². The molecule has 2 N–H and O–H groups in total. The molecule has 0 aliphatic heterocycles. The maximum absolute atomic E-state index is 5.89. The van der Waals surface area contributed by atoms with Crippen molar-refractivity contribution in [2.24, 2.45) is 5.73 Å². The fourth-order valence-electron chi connectivity index (χ4n) is 1.58. The van der Waals surface area contributed by atoms with Gasteiger partial charge < -0.3 is 10.5 Å². The first-order valence-corrected chi connectivity index (χ1v) is 5.82. The molecule has 1 atom stereocenters. The molecule has 3 heteroatoms. The van der Waals surface area contributed by atoms with Crippen molar-refractivity contribution in [1.29, 1.82) is 0 Å². The van der Waals surface area contributed by atoms with E-state index in [1.807, 2.05) is 43.3 Å². The van der Waals surface area contributed by atoms with Gasteiger partial charge in [0, 0.05) is 16.6 Å². The Labute approximate surface area is 106 Å². The molecule has 0 saturated heterocycles. The van der Waals surface area contributed by atoms with Gasteiger partial charge in [-0.1, -0.05) is 29.8 Å². The van der Waals surface area contributed by atoms with E-state index in [-0.39, 0.29) is 6.04 Å². The summed E-state index contributed by atoms with van der Waals surface area (Å²) in [6.45, 7) is 1.93. The predicted molar refractivity (Wildman–Crippen MR) is 70.6 cm³/mol. The van der Waals surface area contributed by atoms with Crippen molar-refractivity contribution in [2.75, 3.05) is 0 Å². The minimum absolute atomic E-state index is 0.0569. The Morgan fingerprint density at radius 3 is 2.35 bits per heavy atom. The van der Waals surface area contributed by atoms with E-state index in [0.717, 1.165) is 17.1 Å². The second kappa shape index (κ2) is 5.21. The number of benzene rings is 2. The molecule has 0 aromatic heterocycles. The Kier molecular flexibility index (Phi) is 3.67. The molecule has 2 nitrogen and oxygen atoms in total. The first-order valence-electron chi connectivity index (χ1n) is 5.45. The lowest BCUT2D eigenvalue weighted by molar-refractivity contribution is 0.472. The van der Waals surface area contributed by atoms with Crippen LogP contribution in [0.3, 0.4) is 0 Å². The minimum Gasteiger partial charge on any atom is -0.457 e. The fraction of sp³-hybridized carbons (Fsp3) is 0.143. The van der Waals surface area contributed by atoms with Gasteiger partial charge in [0.05, 0.1) is 0 Å². The predicted octanol–water partition coefficient (Wildman–Crippen LogP) is 4.15. The van der Waals surface area contributed by atoms with Crippen LogP contribution in [0.2, 0.25) is 5.02 Å². The smallest absolute Gasteiger partial charge is 0.132 e. The summed E-state index contributed by atoms with van der Waals surface area (Å²) in [5.41, 5.74) is 6.88.